The average molecular weight is 692 g/mol. The Balaban J connectivity index is 1.39. The van der Waals surface area contributed by atoms with E-state index in [0.29, 0.717) is 0 Å². The molecule has 4 aromatic rings. The first-order chi connectivity index (χ1) is 22.2. The Labute approximate surface area is 270 Å². The third-order valence-electron chi connectivity index (χ3n) is 6.97. The van der Waals surface area contributed by atoms with Gasteiger partial charge in [0.2, 0.25) is 16.3 Å². The quantitative estimate of drug-likeness (QED) is 0.0890. The molecule has 6 atom stereocenters. The monoisotopic (exact) mass is 691 g/mol. The molecule has 3 heterocycles. The number of nitrogens with one attached hydrogen (secondary N) is 2. The number of benzene rings is 2. The predicted octanol–water partition coefficient (Wildman–Crippen LogP) is 1.62. The molecule has 1 aliphatic heterocycles. The maximum Gasteiger partial charge on any atom is 0.461 e. The van der Waals surface area contributed by atoms with Crippen LogP contribution in [0.1, 0.15) is 25.6 Å². The van der Waals surface area contributed by atoms with Gasteiger partial charge >= 0.3 is 13.7 Å². The highest BCUT2D eigenvalue weighted by Crippen LogP contribution is 2.51. The molecular weight excluding hydrogens is 657 g/mol. The van der Waals surface area contributed by atoms with E-state index in [1.54, 1.807) is 42.5 Å². The lowest BCUT2D eigenvalue weighted by molar-refractivity contribution is -0.147. The molecule has 1 aliphatic rings. The molecule has 2 aromatic heterocycles. The first-order valence-electron chi connectivity index (χ1n) is 14.1. The van der Waals surface area contributed by atoms with Crippen LogP contribution in [0, 0.1) is 0 Å². The summed E-state index contributed by atoms with van der Waals surface area (Å²) in [6, 6.07) is 15.7. The molecule has 17 nitrogen and oxygen atoms in total. The average Bonchev–Trinajstić information content (AvgIpc) is 3.53. The number of esters is 1. The number of carbonyl (C=O) groups excluding carboxylic acids is 1. The summed E-state index contributed by atoms with van der Waals surface area (Å²) in [5, 5.41) is 26.2. The Kier molecular flexibility index (Phi) is 9.95. The van der Waals surface area contributed by atoms with Crippen LogP contribution in [0.2, 0.25) is 0 Å². The van der Waals surface area contributed by atoms with Gasteiger partial charge in [0, 0.05) is 7.05 Å². The molecule has 2 aromatic carbocycles. The van der Waals surface area contributed by atoms with Gasteiger partial charge in [-0.1, -0.05) is 48.5 Å². The number of nitrogens with zero attached hydrogens (tertiary/aromatic N) is 5. The SMILES string of the molecule is C[C@H](NP(=O)(Oc1ccccc1)OC1O[C@@H](n2cnc3c(N(C)NS(C)(=O)=O)ncnc32)[C@](C)(O)C1O)C(=O)OCc1ccccc1. The number of fused-ring (bicyclic) bond motifs is 1. The van der Waals surface area contributed by atoms with E-state index in [2.05, 4.69) is 24.9 Å². The zero-order valence-electron chi connectivity index (χ0n) is 25.7. The highest BCUT2D eigenvalue weighted by molar-refractivity contribution is 7.88. The van der Waals surface area contributed by atoms with Crippen LogP contribution in [-0.2, 0) is 40.0 Å². The smallest absolute Gasteiger partial charge is 0.460 e. The third kappa shape index (κ3) is 7.94. The predicted molar refractivity (Wildman–Crippen MR) is 167 cm³/mol. The van der Waals surface area contributed by atoms with Crippen molar-refractivity contribution in [3.05, 3.63) is 78.9 Å². The van der Waals surface area contributed by atoms with Crippen molar-refractivity contribution in [2.45, 2.75) is 50.7 Å². The Morgan fingerprint density at radius 2 is 1.81 bits per heavy atom. The fourth-order valence-corrected chi connectivity index (χ4v) is 6.88. The van der Waals surface area contributed by atoms with Gasteiger partial charge < -0.3 is 24.2 Å². The Morgan fingerprint density at radius 3 is 2.47 bits per heavy atom. The van der Waals surface area contributed by atoms with E-state index in [0.717, 1.165) is 23.2 Å². The highest BCUT2D eigenvalue weighted by Gasteiger charge is 2.56. The number of hydrogen-bond donors (Lipinski definition) is 4. The number of para-hydroxylation sites is 1. The van der Waals surface area contributed by atoms with E-state index in [-0.39, 0.29) is 29.3 Å². The van der Waals surface area contributed by atoms with Crippen LogP contribution in [0.15, 0.2) is 73.3 Å². The topological polar surface area (TPSA) is 217 Å². The van der Waals surface area contributed by atoms with Gasteiger partial charge in [-0.05, 0) is 31.5 Å². The van der Waals surface area contributed by atoms with Crippen LogP contribution in [0.4, 0.5) is 5.82 Å². The summed E-state index contributed by atoms with van der Waals surface area (Å²) in [6.45, 7) is 2.62. The van der Waals surface area contributed by atoms with Crippen LogP contribution in [0.3, 0.4) is 0 Å². The normalized spacial score (nSPS) is 23.2. The number of aromatic nitrogens is 4. The Bertz CT molecular complexity index is 1860. The van der Waals surface area contributed by atoms with Gasteiger partial charge in [0.25, 0.3) is 0 Å². The Hall–Kier alpha value is -4.00. The second kappa shape index (κ2) is 13.6. The lowest BCUT2D eigenvalue weighted by atomic mass is 9.99. The van der Waals surface area contributed by atoms with E-state index in [1.165, 1.54) is 43.9 Å². The molecule has 0 bridgehead atoms. The number of rotatable bonds is 13. The van der Waals surface area contributed by atoms with Crippen LogP contribution < -0.4 is 19.5 Å². The molecular formula is C28H34N7O10PS. The van der Waals surface area contributed by atoms with Crippen molar-refractivity contribution in [2.75, 3.05) is 18.3 Å². The second-order valence-electron chi connectivity index (χ2n) is 10.9. The zero-order chi connectivity index (χ0) is 34.0. The molecule has 1 saturated heterocycles. The molecule has 0 spiro atoms. The number of hydrogen-bond acceptors (Lipinski definition) is 14. The summed E-state index contributed by atoms with van der Waals surface area (Å²) >= 11 is 0. The van der Waals surface area contributed by atoms with Gasteiger partial charge in [-0.25, -0.2) is 27.9 Å². The fourth-order valence-electron chi connectivity index (χ4n) is 4.72. The molecule has 1 fully saturated rings. The zero-order valence-corrected chi connectivity index (χ0v) is 27.4. The van der Waals surface area contributed by atoms with Gasteiger partial charge in [-0.2, -0.15) is 5.09 Å². The summed E-state index contributed by atoms with van der Waals surface area (Å²) in [5.41, 5.74) is -1.11. The molecule has 0 radical (unpaired) electrons. The van der Waals surface area contributed by atoms with E-state index in [1.807, 2.05) is 6.07 Å². The van der Waals surface area contributed by atoms with Crippen molar-refractivity contribution in [3.8, 4) is 5.75 Å². The minimum atomic E-state index is -4.55. The van der Waals surface area contributed by atoms with Crippen molar-refractivity contribution in [1.29, 1.82) is 0 Å². The first-order valence-corrected chi connectivity index (χ1v) is 17.6. The summed E-state index contributed by atoms with van der Waals surface area (Å²) in [5.74, 6) is -0.563. The maximum atomic E-state index is 14.2. The molecule has 47 heavy (non-hydrogen) atoms. The number of aliphatic hydroxyl groups is 2. The van der Waals surface area contributed by atoms with E-state index < -0.39 is 54.0 Å². The molecule has 3 unspecified atom stereocenters. The summed E-state index contributed by atoms with van der Waals surface area (Å²) < 4.78 is 61.7. The first kappa shape index (κ1) is 34.3. The lowest BCUT2D eigenvalue weighted by Crippen LogP contribution is -2.44. The van der Waals surface area contributed by atoms with Crippen molar-refractivity contribution < 1.29 is 46.5 Å². The molecule has 252 valence electrons. The van der Waals surface area contributed by atoms with Gasteiger partial charge in [-0.15, -0.1) is 4.83 Å². The van der Waals surface area contributed by atoms with Crippen molar-refractivity contribution in [2.24, 2.45) is 0 Å². The van der Waals surface area contributed by atoms with Crippen molar-refractivity contribution in [1.82, 2.24) is 29.4 Å². The molecule has 0 saturated carbocycles. The standard InChI is InChI=1S/C28H34N7O10PS/c1-18(25(37)42-15-19-11-7-5-8-12-19)32-46(39,44-20-13-9-6-10-14-20)45-26-22(36)28(2,38)27(43-26)35-17-31-21-23(29-16-30-24(21)35)34(3)33-47(4,40)41/h5-14,16-18,22,26-27,33,36,38H,15H2,1-4H3,(H,32,39)/t18-,22?,26?,27+,28+,46?/m0/s1. The summed E-state index contributed by atoms with van der Waals surface area (Å²) in [6.07, 6.45) is -1.63. The van der Waals surface area contributed by atoms with E-state index in [9.17, 15) is 28.0 Å². The minimum Gasteiger partial charge on any atom is -0.460 e. The van der Waals surface area contributed by atoms with Crippen LogP contribution in [0.5, 0.6) is 5.75 Å². The molecule has 5 rings (SSSR count). The number of carbonyl (C=O) groups is 1. The molecule has 19 heteroatoms. The van der Waals surface area contributed by atoms with Gasteiger partial charge in [0.05, 0.1) is 12.6 Å². The van der Waals surface area contributed by atoms with Crippen LogP contribution >= 0.6 is 7.75 Å². The Morgan fingerprint density at radius 1 is 1.15 bits per heavy atom. The third-order valence-corrected chi connectivity index (χ3v) is 9.22. The van der Waals surface area contributed by atoms with Gasteiger partial charge in [0.15, 0.2) is 23.2 Å². The highest BCUT2D eigenvalue weighted by atomic mass is 32.2. The fraction of sp³-hybridized carbons (Fsp3) is 0.357. The summed E-state index contributed by atoms with van der Waals surface area (Å²) in [7, 11) is -6.80. The number of anilines is 1. The molecule has 0 amide bonds. The minimum absolute atomic E-state index is 0.0321. The second-order valence-corrected chi connectivity index (χ2v) is 14.3. The van der Waals surface area contributed by atoms with Crippen molar-refractivity contribution >= 4 is 40.7 Å². The summed E-state index contributed by atoms with van der Waals surface area (Å²) in [4.78, 5) is 27.7. The number of imidazole rings is 1. The van der Waals surface area contributed by atoms with E-state index in [4.69, 9.17) is 18.5 Å². The van der Waals surface area contributed by atoms with Gasteiger partial charge in [0.1, 0.15) is 36.4 Å². The molecule has 4 N–H and O–H groups in total. The van der Waals surface area contributed by atoms with E-state index >= 15 is 0 Å². The molecule has 0 aliphatic carbocycles. The number of hydrazine groups is 1. The lowest BCUT2D eigenvalue weighted by Gasteiger charge is -2.27. The number of ether oxygens (including phenoxy) is 2. The number of aliphatic hydroxyl groups excluding tert-OH is 1. The largest absolute Gasteiger partial charge is 0.461 e. The van der Waals surface area contributed by atoms with Crippen LogP contribution in [0.25, 0.3) is 11.2 Å². The van der Waals surface area contributed by atoms with Gasteiger partial charge in [-0.3, -0.25) is 18.9 Å². The maximum absolute atomic E-state index is 14.2. The number of sulfonamides is 1. The van der Waals surface area contributed by atoms with Crippen molar-refractivity contribution in [3.63, 3.8) is 0 Å². The van der Waals surface area contributed by atoms with Crippen LogP contribution in [-0.4, -0.2) is 81.5 Å².